The number of hydrogen-bond donors (Lipinski definition) is 8. The fourth-order valence-corrected chi connectivity index (χ4v) is 4.80. The molecule has 12 N–H and O–H groups in total. The van der Waals surface area contributed by atoms with Crippen LogP contribution in [-0.4, -0.2) is 102 Å². The SMILES string of the molecule is C/C=C/C(=O)NCCCC[C@H](NC(=O)[C@H](CCCN=C(N)N)NC(=O)[C@@H]1CCCN1C(=O)[C@H](C)N)C(=O)N[C@H](C=O)CCC(N)=O. The minimum Gasteiger partial charge on any atom is -0.370 e. The van der Waals surface area contributed by atoms with Crippen LogP contribution in [0.3, 0.4) is 0 Å². The average molecular weight is 651 g/mol. The molecule has 1 fully saturated rings. The average Bonchev–Trinajstić information content (AvgIpc) is 3.49. The fraction of sp³-hybridized carbons (Fsp3) is 0.655. The molecule has 1 aliphatic rings. The van der Waals surface area contributed by atoms with Crippen LogP contribution in [-0.2, 0) is 33.6 Å². The third-order valence-electron chi connectivity index (χ3n) is 7.17. The Morgan fingerprint density at radius 1 is 0.935 bits per heavy atom. The van der Waals surface area contributed by atoms with E-state index < -0.39 is 53.8 Å². The van der Waals surface area contributed by atoms with Gasteiger partial charge in [-0.1, -0.05) is 6.08 Å². The van der Waals surface area contributed by atoms with Crippen molar-refractivity contribution in [3.63, 3.8) is 0 Å². The Bertz CT molecular complexity index is 1120. The second-order valence-corrected chi connectivity index (χ2v) is 11.1. The maximum Gasteiger partial charge on any atom is 0.243 e. The smallest absolute Gasteiger partial charge is 0.243 e. The van der Waals surface area contributed by atoms with E-state index in [1.54, 1.807) is 13.0 Å². The van der Waals surface area contributed by atoms with Gasteiger partial charge in [-0.2, -0.15) is 0 Å². The molecule has 0 aromatic carbocycles. The van der Waals surface area contributed by atoms with Crippen molar-refractivity contribution in [2.45, 2.75) is 102 Å². The fourth-order valence-electron chi connectivity index (χ4n) is 4.80. The number of guanidine groups is 1. The first-order chi connectivity index (χ1) is 21.8. The summed E-state index contributed by atoms with van der Waals surface area (Å²) in [6.07, 6.45) is 5.67. The molecule has 0 radical (unpaired) electrons. The number of unbranched alkanes of at least 4 members (excludes halogenated alkanes) is 1. The largest absolute Gasteiger partial charge is 0.370 e. The summed E-state index contributed by atoms with van der Waals surface area (Å²) in [5.41, 5.74) is 21.7. The number of nitrogens with zero attached hydrogens (tertiary/aromatic N) is 2. The van der Waals surface area contributed by atoms with Gasteiger partial charge in [0.15, 0.2) is 5.96 Å². The molecule has 46 heavy (non-hydrogen) atoms. The first kappa shape index (κ1) is 39.5. The van der Waals surface area contributed by atoms with Gasteiger partial charge in [0, 0.05) is 26.1 Å². The van der Waals surface area contributed by atoms with Crippen LogP contribution in [0.4, 0.5) is 0 Å². The monoisotopic (exact) mass is 650 g/mol. The third kappa shape index (κ3) is 15.0. The highest BCUT2D eigenvalue weighted by molar-refractivity contribution is 5.95. The van der Waals surface area contributed by atoms with Crippen molar-refractivity contribution in [2.24, 2.45) is 27.9 Å². The summed E-state index contributed by atoms with van der Waals surface area (Å²) in [7, 11) is 0. The summed E-state index contributed by atoms with van der Waals surface area (Å²) in [5.74, 6) is -3.33. The van der Waals surface area contributed by atoms with E-state index >= 15 is 0 Å². The standard InChI is InChI=1S/C29H50N10O7/c1-3-8-24(42)34-14-5-4-9-20(25(43)36-19(17-40)12-13-23(31)41)37-26(44)21(10-6-15-35-29(32)33)38-27(45)22-11-7-16-39(22)28(46)18(2)30/h3,8,17-22H,4-7,9-16,30H2,1-2H3,(H2,31,41)(H,34,42)(H,36,43)(H,37,44)(H,38,45)(H4,32,33,35)/b8-3+/t18-,19-,20-,21-,22-/m0/s1. The molecule has 0 aromatic heterocycles. The van der Waals surface area contributed by atoms with E-state index in [9.17, 15) is 33.6 Å². The summed E-state index contributed by atoms with van der Waals surface area (Å²) in [5, 5.41) is 10.6. The lowest BCUT2D eigenvalue weighted by atomic mass is 10.0. The van der Waals surface area contributed by atoms with Crippen LogP contribution in [0.25, 0.3) is 0 Å². The summed E-state index contributed by atoms with van der Waals surface area (Å²) in [6, 6.07) is -4.90. The Hall–Kier alpha value is -4.54. The number of hydrogen-bond acceptors (Lipinski definition) is 9. The molecular weight excluding hydrogens is 600 g/mol. The summed E-state index contributed by atoms with van der Waals surface area (Å²) in [6.45, 7) is 4.08. The van der Waals surface area contributed by atoms with Gasteiger partial charge in [-0.3, -0.25) is 33.8 Å². The highest BCUT2D eigenvalue weighted by Crippen LogP contribution is 2.19. The second kappa shape index (κ2) is 21.2. The van der Waals surface area contributed by atoms with E-state index in [0.717, 1.165) is 0 Å². The number of aldehydes is 1. The van der Waals surface area contributed by atoms with Crippen LogP contribution in [0, 0.1) is 0 Å². The molecule has 1 heterocycles. The van der Waals surface area contributed by atoms with E-state index in [1.807, 2.05) is 0 Å². The number of carbonyl (C=O) groups excluding carboxylic acids is 7. The lowest BCUT2D eigenvalue weighted by molar-refractivity contribution is -0.140. The van der Waals surface area contributed by atoms with Crippen LogP contribution >= 0.6 is 0 Å². The van der Waals surface area contributed by atoms with Gasteiger partial charge in [0.25, 0.3) is 0 Å². The lowest BCUT2D eigenvalue weighted by Crippen LogP contribution is -2.57. The van der Waals surface area contributed by atoms with E-state index in [2.05, 4.69) is 26.3 Å². The van der Waals surface area contributed by atoms with Crippen molar-refractivity contribution in [1.82, 2.24) is 26.2 Å². The zero-order chi connectivity index (χ0) is 34.6. The van der Waals surface area contributed by atoms with Crippen LogP contribution in [0.15, 0.2) is 17.1 Å². The normalized spacial score (nSPS) is 16.8. The molecule has 0 aromatic rings. The van der Waals surface area contributed by atoms with Gasteiger partial charge in [-0.05, 0) is 71.3 Å². The van der Waals surface area contributed by atoms with Crippen molar-refractivity contribution in [3.05, 3.63) is 12.2 Å². The molecule has 17 heteroatoms. The van der Waals surface area contributed by atoms with E-state index in [1.165, 1.54) is 17.9 Å². The highest BCUT2D eigenvalue weighted by Gasteiger charge is 2.37. The number of rotatable bonds is 21. The van der Waals surface area contributed by atoms with E-state index in [4.69, 9.17) is 22.9 Å². The minimum absolute atomic E-state index is 0.0241. The molecule has 6 amide bonds. The predicted octanol–water partition coefficient (Wildman–Crippen LogP) is -2.84. The van der Waals surface area contributed by atoms with Crippen molar-refractivity contribution in [3.8, 4) is 0 Å². The molecule has 5 atom stereocenters. The van der Waals surface area contributed by atoms with Gasteiger partial charge in [0.1, 0.15) is 24.4 Å². The quantitative estimate of drug-likeness (QED) is 0.0207. The second-order valence-electron chi connectivity index (χ2n) is 11.1. The number of nitrogens with one attached hydrogen (secondary N) is 4. The molecule has 1 aliphatic heterocycles. The van der Waals surface area contributed by atoms with Crippen LogP contribution in [0.1, 0.15) is 71.6 Å². The third-order valence-corrected chi connectivity index (χ3v) is 7.17. The van der Waals surface area contributed by atoms with Gasteiger partial charge in [0.2, 0.25) is 35.4 Å². The Kier molecular flexibility index (Phi) is 18.2. The molecule has 1 saturated heterocycles. The number of aliphatic imine (C=N–C) groups is 1. The van der Waals surface area contributed by atoms with Gasteiger partial charge >= 0.3 is 0 Å². The molecule has 0 saturated carbocycles. The van der Waals surface area contributed by atoms with Crippen molar-refractivity contribution < 1.29 is 33.6 Å². The van der Waals surface area contributed by atoms with Crippen molar-refractivity contribution in [2.75, 3.05) is 19.6 Å². The molecular formula is C29H50N10O7. The molecule has 0 aliphatic carbocycles. The Morgan fingerprint density at radius 3 is 2.20 bits per heavy atom. The summed E-state index contributed by atoms with van der Waals surface area (Å²) < 4.78 is 0. The number of nitrogens with two attached hydrogens (primary N) is 4. The first-order valence-corrected chi connectivity index (χ1v) is 15.5. The summed E-state index contributed by atoms with van der Waals surface area (Å²) in [4.78, 5) is 92.5. The molecule has 17 nitrogen and oxygen atoms in total. The van der Waals surface area contributed by atoms with Gasteiger partial charge in [-0.25, -0.2) is 0 Å². The lowest BCUT2D eigenvalue weighted by Gasteiger charge is -2.28. The summed E-state index contributed by atoms with van der Waals surface area (Å²) >= 11 is 0. The Labute approximate surface area is 269 Å². The maximum absolute atomic E-state index is 13.6. The maximum atomic E-state index is 13.6. The van der Waals surface area contributed by atoms with Crippen molar-refractivity contribution in [1.29, 1.82) is 0 Å². The molecule has 1 rings (SSSR count). The molecule has 258 valence electrons. The first-order valence-electron chi connectivity index (χ1n) is 15.5. The Morgan fingerprint density at radius 2 is 1.59 bits per heavy atom. The van der Waals surface area contributed by atoms with Crippen LogP contribution in [0.2, 0.25) is 0 Å². The van der Waals surface area contributed by atoms with Gasteiger partial charge in [0.05, 0.1) is 12.1 Å². The highest BCUT2D eigenvalue weighted by atomic mass is 16.2. The number of amides is 6. The van der Waals surface area contributed by atoms with Gasteiger partial charge in [-0.15, -0.1) is 0 Å². The zero-order valence-corrected chi connectivity index (χ0v) is 26.7. The van der Waals surface area contributed by atoms with Crippen LogP contribution < -0.4 is 44.2 Å². The van der Waals surface area contributed by atoms with Crippen LogP contribution in [0.5, 0.6) is 0 Å². The number of primary amides is 1. The van der Waals surface area contributed by atoms with E-state index in [-0.39, 0.29) is 50.0 Å². The molecule has 0 spiro atoms. The number of likely N-dealkylation sites (tertiary alicyclic amines) is 1. The topological polar surface area (TPSA) is 287 Å². The molecule has 0 bridgehead atoms. The van der Waals surface area contributed by atoms with Gasteiger partial charge < -0.3 is 53.9 Å². The minimum atomic E-state index is -1.13. The number of allylic oxidation sites excluding steroid dienone is 1. The number of carbonyl (C=O) groups is 7. The molecule has 0 unspecified atom stereocenters. The van der Waals surface area contributed by atoms with E-state index in [0.29, 0.717) is 51.5 Å². The predicted molar refractivity (Wildman–Crippen MR) is 170 cm³/mol. The Balaban J connectivity index is 3.12. The zero-order valence-electron chi connectivity index (χ0n) is 26.7. The van der Waals surface area contributed by atoms with Crippen molar-refractivity contribution >= 4 is 47.7 Å².